The Morgan fingerprint density at radius 1 is 0.807 bits per heavy atom. The van der Waals surface area contributed by atoms with Crippen LogP contribution in [0.3, 0.4) is 0 Å². The number of fused-ring (bicyclic) bond motifs is 1. The third-order valence-corrected chi connectivity index (χ3v) is 13.5. The van der Waals surface area contributed by atoms with E-state index in [0.717, 1.165) is 60.8 Å². The van der Waals surface area contributed by atoms with Gasteiger partial charge in [0.1, 0.15) is 0 Å². The molecule has 0 spiro atoms. The molecule has 0 aliphatic heterocycles. The molecule has 7 aromatic rings. The average Bonchev–Trinajstić information content (AvgIpc) is 3.75. The molecule has 1 radical (unpaired) electrons. The topological polar surface area (TPSA) is 43.6 Å². The van der Waals surface area contributed by atoms with E-state index in [0.29, 0.717) is 11.7 Å². The van der Waals surface area contributed by atoms with Crippen molar-refractivity contribution < 1.29 is 22.8 Å². The van der Waals surface area contributed by atoms with Crippen LogP contribution in [0.4, 0.5) is 0 Å². The number of nitrogens with zero attached hydrogens (tertiary/aromatic N) is 4. The molecule has 0 amide bonds. The van der Waals surface area contributed by atoms with Crippen LogP contribution in [0.1, 0.15) is 98.6 Å². The zero-order chi connectivity index (χ0) is 42.1. The third kappa shape index (κ3) is 10.2. The molecule has 0 aliphatic carbocycles. The molecular formula is C50H58IrN4SSi-2. The first-order valence-electron chi connectivity index (χ1n) is 20.9. The SMILES string of the molecule is CC(C)Cc1cc(-c2[c-]cccc2)ncc1[Si](C)(C)C.[2H]c1nc(-c2[c-]ccc3nc(C(C)(C)C)sc23)n(-c2c(C(C)C)cc(-c3ccccc3)cc2C(C)C)c1[2H].[Ir]. The van der Waals surface area contributed by atoms with Gasteiger partial charge in [-0.2, -0.15) is 11.3 Å². The minimum atomic E-state index is -1.34. The average molecular weight is 969 g/mol. The smallest absolute Gasteiger partial charge is 0.0881 e. The van der Waals surface area contributed by atoms with Crippen LogP contribution in [-0.2, 0) is 31.9 Å². The van der Waals surface area contributed by atoms with Crippen LogP contribution in [0, 0.1) is 18.1 Å². The van der Waals surface area contributed by atoms with E-state index in [2.05, 4.69) is 159 Å². The Morgan fingerprint density at radius 2 is 1.47 bits per heavy atom. The van der Waals surface area contributed by atoms with E-state index >= 15 is 0 Å². The molecule has 0 bridgehead atoms. The Kier molecular flexibility index (Phi) is 13.2. The molecule has 7 heteroatoms. The second-order valence-corrected chi connectivity index (χ2v) is 23.9. The van der Waals surface area contributed by atoms with E-state index in [9.17, 15) is 0 Å². The first-order chi connectivity index (χ1) is 27.3. The number of hydrogen-bond donors (Lipinski definition) is 0. The third-order valence-electron chi connectivity index (χ3n) is 9.90. The summed E-state index contributed by atoms with van der Waals surface area (Å²) >= 11 is 1.65. The zero-order valence-corrected chi connectivity index (χ0v) is 39.8. The quantitative estimate of drug-likeness (QED) is 0.107. The number of pyridine rings is 1. The summed E-state index contributed by atoms with van der Waals surface area (Å²) in [6.07, 6.45) is 3.28. The summed E-state index contributed by atoms with van der Waals surface area (Å²) in [5, 5.41) is 2.53. The van der Waals surface area contributed by atoms with E-state index in [1.807, 2.05) is 41.0 Å². The number of thiazole rings is 1. The van der Waals surface area contributed by atoms with Gasteiger partial charge in [0.25, 0.3) is 0 Å². The molecular weight excluding hydrogens is 909 g/mol. The summed E-state index contributed by atoms with van der Waals surface area (Å²) in [7, 11) is -1.34. The number of rotatable bonds is 9. The van der Waals surface area contributed by atoms with Gasteiger partial charge in [0.05, 0.1) is 21.6 Å². The Morgan fingerprint density at radius 3 is 2.05 bits per heavy atom. The number of imidazole rings is 1. The zero-order valence-electron chi connectivity index (χ0n) is 37.6. The van der Waals surface area contributed by atoms with Crippen LogP contribution in [-0.4, -0.2) is 27.6 Å². The first kappa shape index (κ1) is 41.2. The van der Waals surface area contributed by atoms with Crippen molar-refractivity contribution in [3.05, 3.63) is 137 Å². The van der Waals surface area contributed by atoms with Gasteiger partial charge in [0, 0.05) is 49.8 Å². The number of benzene rings is 4. The standard InChI is InChI=1S/C32H34N3S.C18H24NSi.Ir/c1-20(2)25-18-23(22-12-9-8-10-13-22)19-26(21(3)4)28(25)35-17-16-33-30(35)24-14-11-15-27-29(24)36-31(34-27)32(5,6)7;1-14(2)11-16-12-17(15-9-7-6-8-10-15)19-13-18(16)20(3,4)5;/h8-13,15-21H,1-7H3;6-9,12-14H,11H2,1-5H3;/q2*-1;/i16D,17D;;. The maximum Gasteiger partial charge on any atom is 0.0881 e. The summed E-state index contributed by atoms with van der Waals surface area (Å²) < 4.78 is 20.4. The number of hydrogen-bond acceptors (Lipinski definition) is 4. The normalized spacial score (nSPS) is 12.4. The predicted molar refractivity (Wildman–Crippen MR) is 243 cm³/mol. The van der Waals surface area contributed by atoms with Crippen LogP contribution in [0.25, 0.3) is 49.7 Å². The molecule has 57 heavy (non-hydrogen) atoms. The fourth-order valence-electron chi connectivity index (χ4n) is 7.04. The van der Waals surface area contributed by atoms with Crippen molar-refractivity contribution in [1.82, 2.24) is 19.5 Å². The van der Waals surface area contributed by atoms with E-state index < -0.39 is 8.07 Å². The van der Waals surface area contributed by atoms with Gasteiger partial charge in [-0.3, -0.25) is 9.97 Å². The Bertz CT molecular complexity index is 2480. The predicted octanol–water partition coefficient (Wildman–Crippen LogP) is 13.5. The maximum atomic E-state index is 9.00. The second-order valence-electron chi connectivity index (χ2n) is 17.9. The molecule has 0 aliphatic rings. The largest absolute Gasteiger partial charge is 0.339 e. The Labute approximate surface area is 363 Å². The Hall–Kier alpha value is -4.00. The number of aromatic nitrogens is 4. The van der Waals surface area contributed by atoms with Gasteiger partial charge >= 0.3 is 0 Å². The van der Waals surface area contributed by atoms with Crippen molar-refractivity contribution >= 4 is 34.8 Å². The van der Waals surface area contributed by atoms with Gasteiger partial charge < -0.3 is 9.55 Å². The van der Waals surface area contributed by atoms with Crippen molar-refractivity contribution in [2.45, 2.75) is 106 Å². The minimum Gasteiger partial charge on any atom is -0.339 e. The molecule has 7 rings (SSSR count). The maximum absolute atomic E-state index is 9.00. The Balaban J connectivity index is 0.000000267. The van der Waals surface area contributed by atoms with Crippen LogP contribution in [0.2, 0.25) is 19.6 Å². The summed E-state index contributed by atoms with van der Waals surface area (Å²) in [6.45, 7) is 27.0. The van der Waals surface area contributed by atoms with Gasteiger partial charge in [0.15, 0.2) is 0 Å². The van der Waals surface area contributed by atoms with Crippen molar-refractivity contribution in [2.75, 3.05) is 0 Å². The molecule has 3 aromatic heterocycles. The van der Waals surface area contributed by atoms with Gasteiger partial charge in [-0.15, -0.1) is 54.1 Å². The summed E-state index contributed by atoms with van der Waals surface area (Å²) in [6, 6.07) is 35.8. The van der Waals surface area contributed by atoms with E-state index in [4.69, 9.17) is 7.73 Å². The van der Waals surface area contributed by atoms with Gasteiger partial charge in [-0.05, 0) is 79.7 Å². The first-order valence-corrected chi connectivity index (χ1v) is 24.2. The summed E-state index contributed by atoms with van der Waals surface area (Å²) in [4.78, 5) is 14.2. The molecule has 0 atom stereocenters. The molecule has 4 aromatic carbocycles. The minimum absolute atomic E-state index is 0. The van der Waals surface area contributed by atoms with E-state index in [1.165, 1.54) is 16.3 Å². The van der Waals surface area contributed by atoms with Crippen molar-refractivity contribution in [2.24, 2.45) is 5.92 Å². The van der Waals surface area contributed by atoms with E-state index in [1.54, 1.807) is 11.3 Å². The van der Waals surface area contributed by atoms with Crippen LogP contribution >= 0.6 is 11.3 Å². The second kappa shape index (κ2) is 18.3. The van der Waals surface area contributed by atoms with Crippen molar-refractivity contribution in [3.63, 3.8) is 0 Å². The fourth-order valence-corrected chi connectivity index (χ4v) is 9.74. The molecule has 299 valence electrons. The van der Waals surface area contributed by atoms with Gasteiger partial charge in [0.2, 0.25) is 0 Å². The molecule has 0 saturated carbocycles. The monoisotopic (exact) mass is 969 g/mol. The van der Waals surface area contributed by atoms with Crippen molar-refractivity contribution in [1.29, 1.82) is 0 Å². The fraction of sp³-hybridized carbons (Fsp3) is 0.340. The molecule has 3 heterocycles. The van der Waals surface area contributed by atoms with E-state index in [-0.39, 0.29) is 49.7 Å². The summed E-state index contributed by atoms with van der Waals surface area (Å²) in [5.41, 5.74) is 10.7. The van der Waals surface area contributed by atoms with Crippen LogP contribution < -0.4 is 5.19 Å². The molecule has 0 N–H and O–H groups in total. The van der Waals surface area contributed by atoms with Crippen molar-refractivity contribution in [3.8, 4) is 39.5 Å². The molecule has 0 unspecified atom stereocenters. The molecule has 4 nitrogen and oxygen atoms in total. The van der Waals surface area contributed by atoms with Gasteiger partial charge in [-0.1, -0.05) is 129 Å². The molecule has 0 fully saturated rings. The summed E-state index contributed by atoms with van der Waals surface area (Å²) in [5.74, 6) is 1.64. The van der Waals surface area contributed by atoms with Crippen LogP contribution in [0.15, 0.2) is 103 Å². The van der Waals surface area contributed by atoms with Crippen LogP contribution in [0.5, 0.6) is 0 Å². The van der Waals surface area contributed by atoms with Gasteiger partial charge in [-0.25, -0.2) is 0 Å². The molecule has 0 saturated heterocycles.